The summed E-state index contributed by atoms with van der Waals surface area (Å²) >= 11 is 0. The van der Waals surface area contributed by atoms with Crippen LogP contribution in [0.1, 0.15) is 30.1 Å². The average molecular weight is 307 g/mol. The van der Waals surface area contributed by atoms with Crippen molar-refractivity contribution >= 4 is 11.9 Å². The highest BCUT2D eigenvalue weighted by atomic mass is 16.5. The molecule has 1 heterocycles. The van der Waals surface area contributed by atoms with Gasteiger partial charge >= 0.3 is 5.97 Å². The lowest BCUT2D eigenvalue weighted by Crippen LogP contribution is -2.49. The van der Waals surface area contributed by atoms with Gasteiger partial charge in [-0.25, -0.2) is 0 Å². The molecule has 0 radical (unpaired) electrons. The van der Waals surface area contributed by atoms with E-state index in [2.05, 4.69) is 0 Å². The molecule has 0 saturated carbocycles. The molecule has 1 fully saturated rings. The Bertz CT molecular complexity index is 549. The standard InChI is InChI=1S/C16H21NO5/c1-10-14(16(19)20)5-4-6-17(10)15(18)11-7-12(21-2)9-13(8-11)22-3/h7-10,14H,4-6H2,1-3H3,(H,19,20)/t10-,14-/m0/s1. The van der Waals surface area contributed by atoms with Crippen LogP contribution in [-0.2, 0) is 4.79 Å². The summed E-state index contributed by atoms with van der Waals surface area (Å²) in [6, 6.07) is 4.64. The molecule has 0 aliphatic carbocycles. The van der Waals surface area contributed by atoms with Crippen molar-refractivity contribution in [2.45, 2.75) is 25.8 Å². The SMILES string of the molecule is COc1cc(OC)cc(C(=O)N2CCC[C@H](C(=O)O)[C@@H]2C)c1. The normalized spacial score (nSPS) is 21.3. The molecule has 1 aliphatic heterocycles. The van der Waals surface area contributed by atoms with E-state index in [1.165, 1.54) is 14.2 Å². The van der Waals surface area contributed by atoms with Crippen LogP contribution in [0.5, 0.6) is 11.5 Å². The third-order valence-electron chi connectivity index (χ3n) is 4.16. The number of likely N-dealkylation sites (tertiary alicyclic amines) is 1. The van der Waals surface area contributed by atoms with Gasteiger partial charge in [-0.15, -0.1) is 0 Å². The second kappa shape index (κ2) is 6.68. The second-order valence-electron chi connectivity index (χ2n) is 5.43. The molecule has 2 rings (SSSR count). The van der Waals surface area contributed by atoms with Crippen LogP contribution in [-0.4, -0.2) is 48.7 Å². The molecule has 0 unspecified atom stereocenters. The number of aliphatic carboxylic acids is 1. The van der Waals surface area contributed by atoms with Gasteiger partial charge in [0.15, 0.2) is 0 Å². The predicted molar refractivity (Wildman–Crippen MR) is 80.4 cm³/mol. The number of carbonyl (C=O) groups is 2. The maximum Gasteiger partial charge on any atom is 0.308 e. The van der Waals surface area contributed by atoms with Gasteiger partial charge in [0.25, 0.3) is 5.91 Å². The zero-order chi connectivity index (χ0) is 16.3. The van der Waals surface area contributed by atoms with Gasteiger partial charge in [-0.2, -0.15) is 0 Å². The van der Waals surface area contributed by atoms with E-state index in [-0.39, 0.29) is 11.9 Å². The number of benzene rings is 1. The molecular weight excluding hydrogens is 286 g/mol. The van der Waals surface area contributed by atoms with Crippen molar-refractivity contribution < 1.29 is 24.2 Å². The average Bonchev–Trinajstić information content (AvgIpc) is 2.53. The number of amides is 1. The van der Waals surface area contributed by atoms with Gasteiger partial charge in [-0.1, -0.05) is 0 Å². The first kappa shape index (κ1) is 16.1. The van der Waals surface area contributed by atoms with Gasteiger partial charge in [-0.3, -0.25) is 9.59 Å². The number of hydrogen-bond acceptors (Lipinski definition) is 4. The lowest BCUT2D eigenvalue weighted by atomic mass is 9.90. The Labute approximate surface area is 129 Å². The number of rotatable bonds is 4. The number of carboxylic acid groups (broad SMARTS) is 1. The zero-order valence-electron chi connectivity index (χ0n) is 13.0. The van der Waals surface area contributed by atoms with Crippen LogP contribution in [0.25, 0.3) is 0 Å². The van der Waals surface area contributed by atoms with E-state index in [0.29, 0.717) is 36.4 Å². The Balaban J connectivity index is 2.28. The monoisotopic (exact) mass is 307 g/mol. The summed E-state index contributed by atoms with van der Waals surface area (Å²) < 4.78 is 10.4. The maximum absolute atomic E-state index is 12.7. The lowest BCUT2D eigenvalue weighted by Gasteiger charge is -2.37. The highest BCUT2D eigenvalue weighted by molar-refractivity contribution is 5.95. The molecule has 1 aliphatic rings. The number of piperidine rings is 1. The summed E-state index contributed by atoms with van der Waals surface area (Å²) in [5.41, 5.74) is 0.439. The molecule has 1 N–H and O–H groups in total. The molecule has 1 saturated heterocycles. The first-order valence-electron chi connectivity index (χ1n) is 7.24. The molecule has 6 nitrogen and oxygen atoms in total. The van der Waals surface area contributed by atoms with Crippen LogP contribution in [0.4, 0.5) is 0 Å². The van der Waals surface area contributed by atoms with E-state index >= 15 is 0 Å². The van der Waals surface area contributed by atoms with E-state index in [4.69, 9.17) is 9.47 Å². The lowest BCUT2D eigenvalue weighted by molar-refractivity contribution is -0.144. The molecule has 6 heteroatoms. The maximum atomic E-state index is 12.7. The third-order valence-corrected chi connectivity index (χ3v) is 4.16. The van der Waals surface area contributed by atoms with E-state index in [1.807, 2.05) is 0 Å². The topological polar surface area (TPSA) is 76.1 Å². The van der Waals surface area contributed by atoms with Gasteiger partial charge in [0.1, 0.15) is 11.5 Å². The Morgan fingerprint density at radius 3 is 2.27 bits per heavy atom. The Morgan fingerprint density at radius 2 is 1.77 bits per heavy atom. The quantitative estimate of drug-likeness (QED) is 0.921. The van der Waals surface area contributed by atoms with Gasteiger partial charge in [0.2, 0.25) is 0 Å². The molecule has 2 atom stereocenters. The van der Waals surface area contributed by atoms with E-state index < -0.39 is 11.9 Å². The summed E-state index contributed by atoms with van der Waals surface area (Å²) in [6.07, 6.45) is 1.29. The van der Waals surface area contributed by atoms with E-state index in [9.17, 15) is 14.7 Å². The fourth-order valence-electron chi connectivity index (χ4n) is 2.86. The van der Waals surface area contributed by atoms with Crippen LogP contribution >= 0.6 is 0 Å². The van der Waals surface area contributed by atoms with Crippen LogP contribution < -0.4 is 9.47 Å². The van der Waals surface area contributed by atoms with Crippen molar-refractivity contribution in [3.05, 3.63) is 23.8 Å². The highest BCUT2D eigenvalue weighted by Gasteiger charge is 2.35. The van der Waals surface area contributed by atoms with E-state index in [0.717, 1.165) is 0 Å². The molecule has 1 amide bonds. The fourth-order valence-corrected chi connectivity index (χ4v) is 2.86. The Morgan fingerprint density at radius 1 is 1.18 bits per heavy atom. The van der Waals surface area contributed by atoms with Crippen molar-refractivity contribution in [3.8, 4) is 11.5 Å². The predicted octanol–water partition coefficient (Wildman–Crippen LogP) is 2.03. The van der Waals surface area contributed by atoms with Crippen molar-refractivity contribution in [2.24, 2.45) is 5.92 Å². The van der Waals surface area contributed by atoms with Crippen LogP contribution in [0.15, 0.2) is 18.2 Å². The Kier molecular flexibility index (Phi) is 4.90. The summed E-state index contributed by atoms with van der Waals surface area (Å²) in [4.78, 5) is 25.7. The molecule has 1 aromatic carbocycles. The molecule has 120 valence electrons. The molecule has 22 heavy (non-hydrogen) atoms. The molecule has 0 bridgehead atoms. The van der Waals surface area contributed by atoms with Crippen LogP contribution in [0, 0.1) is 5.92 Å². The number of hydrogen-bond donors (Lipinski definition) is 1. The summed E-state index contributed by atoms with van der Waals surface area (Å²) in [7, 11) is 3.04. The first-order chi connectivity index (χ1) is 10.5. The number of methoxy groups -OCH3 is 2. The summed E-state index contributed by atoms with van der Waals surface area (Å²) in [5.74, 6) is -0.515. The van der Waals surface area contributed by atoms with Crippen molar-refractivity contribution in [1.82, 2.24) is 4.90 Å². The smallest absolute Gasteiger partial charge is 0.308 e. The minimum Gasteiger partial charge on any atom is -0.497 e. The van der Waals surface area contributed by atoms with E-state index in [1.54, 1.807) is 30.0 Å². The van der Waals surface area contributed by atoms with Crippen LogP contribution in [0.3, 0.4) is 0 Å². The molecule has 0 aromatic heterocycles. The van der Waals surface area contributed by atoms with Crippen LogP contribution in [0.2, 0.25) is 0 Å². The number of carbonyl (C=O) groups excluding carboxylic acids is 1. The number of ether oxygens (including phenoxy) is 2. The summed E-state index contributed by atoms with van der Waals surface area (Å²) in [6.45, 7) is 2.34. The fraction of sp³-hybridized carbons (Fsp3) is 0.500. The number of nitrogens with zero attached hydrogens (tertiary/aromatic N) is 1. The van der Waals surface area contributed by atoms with Crippen molar-refractivity contribution in [2.75, 3.05) is 20.8 Å². The van der Waals surface area contributed by atoms with Gasteiger partial charge < -0.3 is 19.5 Å². The minimum atomic E-state index is -0.853. The molecular formula is C16H21NO5. The minimum absolute atomic E-state index is 0.198. The Hall–Kier alpha value is -2.24. The molecule has 0 spiro atoms. The summed E-state index contributed by atoms with van der Waals surface area (Å²) in [5, 5.41) is 9.27. The van der Waals surface area contributed by atoms with Gasteiger partial charge in [0, 0.05) is 24.2 Å². The largest absolute Gasteiger partial charge is 0.497 e. The van der Waals surface area contributed by atoms with Crippen molar-refractivity contribution in [3.63, 3.8) is 0 Å². The third kappa shape index (κ3) is 3.16. The molecule has 1 aromatic rings. The first-order valence-corrected chi connectivity index (χ1v) is 7.24. The van der Waals surface area contributed by atoms with Gasteiger partial charge in [0.05, 0.1) is 20.1 Å². The van der Waals surface area contributed by atoms with Gasteiger partial charge in [-0.05, 0) is 31.9 Å². The van der Waals surface area contributed by atoms with Crippen molar-refractivity contribution in [1.29, 1.82) is 0 Å². The highest BCUT2D eigenvalue weighted by Crippen LogP contribution is 2.28. The zero-order valence-corrected chi connectivity index (χ0v) is 13.0. The second-order valence-corrected chi connectivity index (χ2v) is 5.43. The number of carboxylic acids is 1.